The normalized spacial score (nSPS) is 13.8. The minimum atomic E-state index is -5.08. The van der Waals surface area contributed by atoms with E-state index in [1.165, 1.54) is 0 Å². The van der Waals surface area contributed by atoms with Crippen LogP contribution in [0.5, 0.6) is 0 Å². The van der Waals surface area contributed by atoms with Gasteiger partial charge < -0.3 is 19.6 Å². The maximum Gasteiger partial charge on any atom is 0.484 e. The van der Waals surface area contributed by atoms with E-state index in [-0.39, 0.29) is 0 Å². The van der Waals surface area contributed by atoms with E-state index in [4.69, 9.17) is 19.6 Å². The summed E-state index contributed by atoms with van der Waals surface area (Å²) in [6.45, 7) is 0. The predicted octanol–water partition coefficient (Wildman–Crippen LogP) is -1.22. The molecule has 0 saturated carbocycles. The standard InChI is InChI=1S/H4O9P2S/c1-10(2,3)8-12(7)9-11(4,5)6/h(H2,1,2,3)(H2,4,5,6). The van der Waals surface area contributed by atoms with Gasteiger partial charge in [-0.25, -0.2) is 9.13 Å². The Morgan fingerprint density at radius 3 is 1.33 bits per heavy atom. The highest BCUT2D eigenvalue weighted by Gasteiger charge is 2.26. The molecule has 12 heteroatoms. The lowest BCUT2D eigenvalue weighted by Gasteiger charge is -2.03. The second kappa shape index (κ2) is 4.05. The van der Waals surface area contributed by atoms with E-state index >= 15 is 0 Å². The van der Waals surface area contributed by atoms with Crippen molar-refractivity contribution in [2.24, 2.45) is 0 Å². The molecular weight excluding hydrogens is 238 g/mol. The Kier molecular flexibility index (Phi) is 4.18. The monoisotopic (exact) mass is 242 g/mol. The third kappa shape index (κ3) is 8.47. The highest BCUT2D eigenvalue weighted by atomic mass is 32.2. The fraction of sp³-hybridized carbons (Fsp3) is 0. The SMILES string of the molecule is O=S(OP(=O)(O)O)OP(=O)(O)O. The minimum absolute atomic E-state index is 3.19. The number of hydrogen-bond donors (Lipinski definition) is 4. The van der Waals surface area contributed by atoms with Crippen molar-refractivity contribution in [1.82, 2.24) is 0 Å². The lowest BCUT2D eigenvalue weighted by atomic mass is 15.7. The molecule has 0 aromatic heterocycles. The van der Waals surface area contributed by atoms with E-state index in [0.717, 1.165) is 0 Å². The van der Waals surface area contributed by atoms with E-state index in [1.807, 2.05) is 0 Å². The summed E-state index contributed by atoms with van der Waals surface area (Å²) >= 11 is -3.19. The Morgan fingerprint density at radius 2 is 1.17 bits per heavy atom. The van der Waals surface area contributed by atoms with Crippen LogP contribution in [0.3, 0.4) is 0 Å². The Morgan fingerprint density at radius 1 is 0.917 bits per heavy atom. The van der Waals surface area contributed by atoms with Crippen LogP contribution in [0.15, 0.2) is 0 Å². The van der Waals surface area contributed by atoms with Gasteiger partial charge >= 0.3 is 27.0 Å². The third-order valence-electron chi connectivity index (χ3n) is 0.316. The average Bonchev–Trinajstić information content (AvgIpc) is 1.49. The van der Waals surface area contributed by atoms with Gasteiger partial charge in [-0.15, -0.1) is 0 Å². The molecule has 74 valence electrons. The molecule has 0 fully saturated rings. The molecule has 0 amide bonds. The van der Waals surface area contributed by atoms with Gasteiger partial charge in [-0.2, -0.15) is 12.1 Å². The van der Waals surface area contributed by atoms with Crippen molar-refractivity contribution in [1.29, 1.82) is 0 Å². The molecule has 12 heavy (non-hydrogen) atoms. The summed E-state index contributed by atoms with van der Waals surface area (Å²) in [7, 11) is -10.2. The molecule has 0 aliphatic heterocycles. The van der Waals surface area contributed by atoms with Gasteiger partial charge in [0.05, 0.1) is 0 Å². The molecule has 0 atom stereocenters. The van der Waals surface area contributed by atoms with Crippen LogP contribution in [0.1, 0.15) is 0 Å². The molecule has 0 unspecified atom stereocenters. The minimum Gasteiger partial charge on any atom is -0.302 e. The van der Waals surface area contributed by atoms with Crippen LogP contribution < -0.4 is 0 Å². The first-order valence-corrected chi connectivity index (χ1v) is 6.09. The predicted molar refractivity (Wildman–Crippen MR) is 34.4 cm³/mol. The Hall–Kier alpha value is 0.370. The van der Waals surface area contributed by atoms with E-state index in [0.29, 0.717) is 0 Å². The molecule has 0 aromatic rings. The maximum atomic E-state index is 10.2. The van der Waals surface area contributed by atoms with Gasteiger partial charge in [0.15, 0.2) is 0 Å². The summed E-state index contributed by atoms with van der Waals surface area (Å²) in [5.74, 6) is 0. The van der Waals surface area contributed by atoms with Crippen molar-refractivity contribution in [3.8, 4) is 0 Å². The van der Waals surface area contributed by atoms with Crippen molar-refractivity contribution < 1.29 is 40.9 Å². The lowest BCUT2D eigenvalue weighted by molar-refractivity contribution is 0.261. The van der Waals surface area contributed by atoms with Gasteiger partial charge in [0.2, 0.25) is 0 Å². The lowest BCUT2D eigenvalue weighted by Crippen LogP contribution is -1.98. The summed E-state index contributed by atoms with van der Waals surface area (Å²) < 4.78 is 36.4. The molecule has 4 N–H and O–H groups in total. The van der Waals surface area contributed by atoms with Gasteiger partial charge in [0.1, 0.15) is 0 Å². The smallest absolute Gasteiger partial charge is 0.302 e. The van der Waals surface area contributed by atoms with Gasteiger partial charge in [-0.05, 0) is 0 Å². The van der Waals surface area contributed by atoms with Crippen LogP contribution in [-0.2, 0) is 28.4 Å². The first-order chi connectivity index (χ1) is 5.10. The first-order valence-electron chi connectivity index (χ1n) is 2.03. The van der Waals surface area contributed by atoms with E-state index in [2.05, 4.69) is 7.94 Å². The molecule has 0 rings (SSSR count). The summed E-state index contributed by atoms with van der Waals surface area (Å²) in [4.78, 5) is 31.8. The summed E-state index contributed by atoms with van der Waals surface area (Å²) in [6.07, 6.45) is 0. The molecule has 0 aromatic carbocycles. The third-order valence-corrected chi connectivity index (χ3v) is 2.84. The summed E-state index contributed by atoms with van der Waals surface area (Å²) in [5.41, 5.74) is 0. The highest BCUT2D eigenvalue weighted by Crippen LogP contribution is 2.43. The fourth-order valence-electron chi connectivity index (χ4n) is 0.172. The summed E-state index contributed by atoms with van der Waals surface area (Å²) in [6, 6.07) is 0. The van der Waals surface area contributed by atoms with Crippen molar-refractivity contribution in [2.45, 2.75) is 0 Å². The molecule has 9 nitrogen and oxygen atoms in total. The van der Waals surface area contributed by atoms with Crippen molar-refractivity contribution >= 4 is 27.0 Å². The van der Waals surface area contributed by atoms with Crippen LogP contribution >= 0.6 is 15.6 Å². The van der Waals surface area contributed by atoms with Crippen LogP contribution in [-0.4, -0.2) is 23.8 Å². The fourth-order valence-corrected chi connectivity index (χ4v) is 1.79. The Labute approximate surface area is 68.7 Å². The van der Waals surface area contributed by atoms with Crippen LogP contribution in [0.2, 0.25) is 0 Å². The van der Waals surface area contributed by atoms with Crippen molar-refractivity contribution in [3.05, 3.63) is 0 Å². The van der Waals surface area contributed by atoms with Gasteiger partial charge in [-0.1, -0.05) is 0 Å². The second-order valence-corrected chi connectivity index (χ2v) is 4.90. The Bertz CT molecular complexity index is 228. The van der Waals surface area contributed by atoms with E-state index in [1.54, 1.807) is 0 Å². The maximum absolute atomic E-state index is 10.2. The molecule has 0 aliphatic rings. The molecule has 0 spiro atoms. The average molecular weight is 242 g/mol. The topological polar surface area (TPSA) is 151 Å². The summed E-state index contributed by atoms with van der Waals surface area (Å²) in [5, 5.41) is 0. The number of rotatable bonds is 4. The van der Waals surface area contributed by atoms with Crippen molar-refractivity contribution in [2.75, 3.05) is 0 Å². The molecule has 0 radical (unpaired) electrons. The molecular formula is H4O9P2S. The first kappa shape index (κ1) is 12.4. The molecule has 0 bridgehead atoms. The quantitative estimate of drug-likeness (QED) is 0.444. The molecule has 0 aliphatic carbocycles. The van der Waals surface area contributed by atoms with Gasteiger partial charge in [-0.3, -0.25) is 0 Å². The van der Waals surface area contributed by atoms with Gasteiger partial charge in [0.25, 0.3) is 0 Å². The van der Waals surface area contributed by atoms with Crippen LogP contribution in [0.25, 0.3) is 0 Å². The second-order valence-electron chi connectivity index (χ2n) is 1.33. The zero-order valence-corrected chi connectivity index (χ0v) is 7.74. The highest BCUT2D eigenvalue weighted by molar-refractivity contribution is 7.84. The van der Waals surface area contributed by atoms with Crippen molar-refractivity contribution in [3.63, 3.8) is 0 Å². The van der Waals surface area contributed by atoms with Gasteiger partial charge in [0, 0.05) is 0 Å². The molecule has 0 saturated heterocycles. The van der Waals surface area contributed by atoms with E-state index in [9.17, 15) is 13.3 Å². The van der Waals surface area contributed by atoms with Crippen LogP contribution in [0, 0.1) is 0 Å². The number of phosphoric acid groups is 2. The van der Waals surface area contributed by atoms with E-state index < -0.39 is 27.0 Å². The Balaban J connectivity index is 4.10. The van der Waals surface area contributed by atoms with Crippen LogP contribution in [0.4, 0.5) is 0 Å². The number of hydrogen-bond acceptors (Lipinski definition) is 5. The zero-order valence-electron chi connectivity index (χ0n) is 5.13. The zero-order chi connectivity index (χ0) is 9.99. The largest absolute Gasteiger partial charge is 0.484 e. The molecule has 0 heterocycles.